The number of para-hydroxylation sites is 1. The van der Waals surface area contributed by atoms with Crippen molar-refractivity contribution in [1.29, 1.82) is 0 Å². The molecule has 0 aliphatic heterocycles. The second-order valence-electron chi connectivity index (χ2n) is 4.44. The van der Waals surface area contributed by atoms with Gasteiger partial charge in [0.15, 0.2) is 0 Å². The maximum atomic E-state index is 12.0. The normalized spacial score (nSPS) is 11.1. The Morgan fingerprint density at radius 3 is 2.62 bits per heavy atom. The van der Waals surface area contributed by atoms with E-state index in [4.69, 9.17) is 0 Å². The van der Waals surface area contributed by atoms with Gasteiger partial charge in [-0.05, 0) is 17.9 Å². The van der Waals surface area contributed by atoms with E-state index in [1.165, 1.54) is 31.2 Å². The molecule has 1 aromatic carbocycles. The first kappa shape index (κ1) is 16.6. The fourth-order valence-electron chi connectivity index (χ4n) is 1.65. The molecule has 0 bridgehead atoms. The third kappa shape index (κ3) is 3.90. The summed E-state index contributed by atoms with van der Waals surface area (Å²) in [6, 6.07) is 5.41. The maximum Gasteiger partial charge on any atom is 0.514 e. The molecule has 0 saturated carbocycles. The number of nitrogens with one attached hydrogen (secondary N) is 1. The van der Waals surface area contributed by atoms with Gasteiger partial charge in [0.2, 0.25) is 0 Å². The van der Waals surface area contributed by atoms with E-state index in [1.54, 1.807) is 0 Å². The number of hydrazone groups is 1. The molecule has 0 aliphatic carbocycles. The molecule has 13 nitrogen and oxygen atoms in total. The Kier molecular flexibility index (Phi) is 4.84. The van der Waals surface area contributed by atoms with Gasteiger partial charge in [-0.25, -0.2) is 5.43 Å². The number of amides is 1. The van der Waals surface area contributed by atoms with Gasteiger partial charge in [0.1, 0.15) is 12.1 Å². The average molecular weight is 334 g/mol. The van der Waals surface area contributed by atoms with Crippen LogP contribution in [0.2, 0.25) is 0 Å². The lowest BCUT2D eigenvalue weighted by atomic mass is 10.2. The Bertz CT molecular complexity index is 829. The highest BCUT2D eigenvalue weighted by Gasteiger charge is 2.19. The lowest BCUT2D eigenvalue weighted by Crippen LogP contribution is -2.22. The Hall–Kier alpha value is -3.77. The average Bonchev–Trinajstić information content (AvgIpc) is 3.01. The van der Waals surface area contributed by atoms with Gasteiger partial charge in [0.05, 0.1) is 20.8 Å². The maximum absolute atomic E-state index is 12.0. The molecule has 0 saturated heterocycles. The summed E-state index contributed by atoms with van der Waals surface area (Å²) in [6.45, 7) is 1.45. The first-order chi connectivity index (χ1) is 11.4. The molecule has 124 valence electrons. The van der Waals surface area contributed by atoms with Crippen LogP contribution in [0.5, 0.6) is 0 Å². The van der Waals surface area contributed by atoms with Gasteiger partial charge in [0.25, 0.3) is 11.6 Å². The van der Waals surface area contributed by atoms with Crippen molar-refractivity contribution in [3.05, 3.63) is 50.1 Å². The quantitative estimate of drug-likeness (QED) is 0.446. The van der Waals surface area contributed by atoms with E-state index in [0.29, 0.717) is 5.71 Å². The fourth-order valence-corrected chi connectivity index (χ4v) is 1.65. The highest BCUT2D eigenvalue weighted by molar-refractivity contribution is 5.98. The third-order valence-electron chi connectivity index (χ3n) is 2.67. The van der Waals surface area contributed by atoms with Crippen molar-refractivity contribution in [3.8, 4) is 0 Å². The SMILES string of the molecule is C/C(Cn1nnc([N+](=O)[O-])n1)=N\NC(=O)c1ccccc1[N+](=O)[O-]. The van der Waals surface area contributed by atoms with E-state index in [2.05, 4.69) is 25.9 Å². The van der Waals surface area contributed by atoms with Crippen LogP contribution >= 0.6 is 0 Å². The molecule has 1 heterocycles. The van der Waals surface area contributed by atoms with E-state index in [-0.39, 0.29) is 17.8 Å². The van der Waals surface area contributed by atoms with Gasteiger partial charge >= 0.3 is 5.95 Å². The summed E-state index contributed by atoms with van der Waals surface area (Å²) in [5, 5.41) is 35.2. The summed E-state index contributed by atoms with van der Waals surface area (Å²) in [5.41, 5.74) is 1.97. The number of carbonyl (C=O) groups is 1. The summed E-state index contributed by atoms with van der Waals surface area (Å²) in [6.07, 6.45) is 0. The van der Waals surface area contributed by atoms with Crippen LogP contribution < -0.4 is 5.43 Å². The summed E-state index contributed by atoms with van der Waals surface area (Å²) in [4.78, 5) is 32.7. The number of nitro groups is 2. The van der Waals surface area contributed by atoms with Crippen LogP contribution in [-0.2, 0) is 6.54 Å². The molecular formula is C11H10N8O5. The lowest BCUT2D eigenvalue weighted by Gasteiger charge is -2.02. The summed E-state index contributed by atoms with van der Waals surface area (Å²) in [5.74, 6) is -1.43. The zero-order valence-corrected chi connectivity index (χ0v) is 12.2. The van der Waals surface area contributed by atoms with E-state index >= 15 is 0 Å². The lowest BCUT2D eigenvalue weighted by molar-refractivity contribution is -0.394. The second-order valence-corrected chi connectivity index (χ2v) is 4.44. The molecule has 0 unspecified atom stereocenters. The molecule has 0 atom stereocenters. The highest BCUT2D eigenvalue weighted by Crippen LogP contribution is 2.17. The van der Waals surface area contributed by atoms with Crippen LogP contribution in [0, 0.1) is 20.2 Å². The van der Waals surface area contributed by atoms with Gasteiger partial charge in [-0.1, -0.05) is 16.9 Å². The number of nitro benzene ring substituents is 1. The standard InChI is InChI=1S/C11H10N8O5/c1-7(6-17-15-11(14-16-17)19(23)24)12-13-10(20)8-4-2-3-5-9(8)18(21)22/h2-5H,6H2,1H3,(H,13,20)/b12-7+. The molecule has 1 N–H and O–H groups in total. The number of carbonyl (C=O) groups excluding carboxylic acids is 1. The molecule has 0 aliphatic rings. The monoisotopic (exact) mass is 334 g/mol. The Labute approximate surface area is 133 Å². The minimum absolute atomic E-state index is 0.0575. The Balaban J connectivity index is 2.05. The van der Waals surface area contributed by atoms with Gasteiger partial charge in [-0.15, -0.1) is 0 Å². The largest absolute Gasteiger partial charge is 0.514 e. The van der Waals surface area contributed by atoms with Gasteiger partial charge in [-0.2, -0.15) is 5.10 Å². The van der Waals surface area contributed by atoms with E-state index in [9.17, 15) is 25.0 Å². The number of hydrogen-bond acceptors (Lipinski definition) is 9. The summed E-state index contributed by atoms with van der Waals surface area (Å²) >= 11 is 0. The van der Waals surface area contributed by atoms with Crippen LogP contribution in [0.4, 0.5) is 11.6 Å². The van der Waals surface area contributed by atoms with Crippen molar-refractivity contribution >= 4 is 23.3 Å². The highest BCUT2D eigenvalue weighted by atomic mass is 16.6. The predicted molar refractivity (Wildman–Crippen MR) is 78.1 cm³/mol. The number of nitrogens with zero attached hydrogens (tertiary/aromatic N) is 7. The zero-order valence-electron chi connectivity index (χ0n) is 12.2. The van der Waals surface area contributed by atoms with Gasteiger partial charge < -0.3 is 10.1 Å². The topological polar surface area (TPSA) is 171 Å². The first-order valence-corrected chi connectivity index (χ1v) is 6.37. The van der Waals surface area contributed by atoms with E-state index < -0.39 is 21.7 Å². The van der Waals surface area contributed by atoms with Gasteiger partial charge in [0, 0.05) is 11.3 Å². The fraction of sp³-hybridized carbons (Fsp3) is 0.182. The molecule has 0 spiro atoms. The van der Waals surface area contributed by atoms with Crippen molar-refractivity contribution in [2.45, 2.75) is 13.5 Å². The van der Waals surface area contributed by atoms with Crippen molar-refractivity contribution in [2.75, 3.05) is 0 Å². The van der Waals surface area contributed by atoms with Crippen molar-refractivity contribution in [2.24, 2.45) is 5.10 Å². The van der Waals surface area contributed by atoms with Crippen LogP contribution in [0.3, 0.4) is 0 Å². The van der Waals surface area contributed by atoms with Crippen molar-refractivity contribution < 1.29 is 14.6 Å². The minimum atomic E-state index is -0.799. The molecule has 1 amide bonds. The zero-order chi connectivity index (χ0) is 17.7. The minimum Gasteiger partial charge on any atom is -0.390 e. The van der Waals surface area contributed by atoms with Crippen molar-refractivity contribution in [3.63, 3.8) is 0 Å². The molecule has 13 heteroatoms. The number of aromatic nitrogens is 4. The third-order valence-corrected chi connectivity index (χ3v) is 2.67. The molecule has 24 heavy (non-hydrogen) atoms. The van der Waals surface area contributed by atoms with Crippen LogP contribution in [0.25, 0.3) is 0 Å². The van der Waals surface area contributed by atoms with Crippen LogP contribution in [-0.4, -0.2) is 41.7 Å². The number of rotatable bonds is 6. The molecule has 0 fully saturated rings. The molecule has 1 aromatic heterocycles. The number of tetrazole rings is 1. The Morgan fingerprint density at radius 2 is 2.00 bits per heavy atom. The van der Waals surface area contributed by atoms with E-state index in [1.807, 2.05) is 0 Å². The Morgan fingerprint density at radius 1 is 1.29 bits per heavy atom. The molecule has 2 rings (SSSR count). The summed E-state index contributed by atoms with van der Waals surface area (Å²) < 4.78 is 0. The molecular weight excluding hydrogens is 324 g/mol. The predicted octanol–water partition coefficient (Wildman–Crippen LogP) is 0.295. The van der Waals surface area contributed by atoms with Crippen LogP contribution in [0.1, 0.15) is 17.3 Å². The van der Waals surface area contributed by atoms with Crippen molar-refractivity contribution in [1.82, 2.24) is 25.6 Å². The summed E-state index contributed by atoms with van der Waals surface area (Å²) in [7, 11) is 0. The first-order valence-electron chi connectivity index (χ1n) is 6.37. The second kappa shape index (κ2) is 6.99. The number of benzene rings is 1. The molecule has 2 aromatic rings. The van der Waals surface area contributed by atoms with Gasteiger partial charge in [-0.3, -0.25) is 14.9 Å². The number of hydrogen-bond donors (Lipinski definition) is 1. The van der Waals surface area contributed by atoms with Crippen LogP contribution in [0.15, 0.2) is 29.4 Å². The van der Waals surface area contributed by atoms with E-state index in [0.717, 1.165) is 4.80 Å². The smallest absolute Gasteiger partial charge is 0.390 e. The molecule has 0 radical (unpaired) electrons.